The number of piperidine rings is 1. The minimum Gasteiger partial charge on any atom is -0.382 e. The molecule has 7 nitrogen and oxygen atoms in total. The van der Waals surface area contributed by atoms with Crippen LogP contribution in [0.25, 0.3) is 10.8 Å². The zero-order valence-corrected chi connectivity index (χ0v) is 13.7. The fourth-order valence-corrected chi connectivity index (χ4v) is 3.43. The summed E-state index contributed by atoms with van der Waals surface area (Å²) in [6, 6.07) is 14.1. The zero-order chi connectivity index (χ0) is 17.3. The number of amides is 1. The monoisotopic (exact) mass is 337 g/mol. The van der Waals surface area contributed by atoms with Gasteiger partial charge in [-0.05, 0) is 16.3 Å². The van der Waals surface area contributed by atoms with Crippen molar-refractivity contribution in [3.8, 4) is 0 Å². The van der Waals surface area contributed by atoms with Crippen LogP contribution in [0.15, 0.2) is 42.5 Å². The van der Waals surface area contributed by atoms with Gasteiger partial charge in [-0.2, -0.15) is 5.21 Å². The number of likely N-dealkylation sites (tertiary alicyclic amines) is 1. The number of tetrazole rings is 1. The lowest BCUT2D eigenvalue weighted by Crippen LogP contribution is -2.46. The van der Waals surface area contributed by atoms with Crippen molar-refractivity contribution in [2.75, 3.05) is 13.1 Å². The van der Waals surface area contributed by atoms with Crippen molar-refractivity contribution in [1.29, 1.82) is 0 Å². The van der Waals surface area contributed by atoms with Crippen LogP contribution >= 0.6 is 0 Å². The van der Waals surface area contributed by atoms with Crippen LogP contribution in [-0.2, 0) is 16.8 Å². The summed E-state index contributed by atoms with van der Waals surface area (Å²) in [6.45, 7) is 0.962. The maximum absolute atomic E-state index is 12.7. The molecular formula is C18H19N5O2. The molecule has 2 N–H and O–H groups in total. The summed E-state index contributed by atoms with van der Waals surface area (Å²) in [6.07, 6.45) is 1.18. The van der Waals surface area contributed by atoms with Crippen LogP contribution in [0.2, 0.25) is 0 Å². The van der Waals surface area contributed by atoms with Crippen molar-refractivity contribution in [1.82, 2.24) is 25.5 Å². The van der Waals surface area contributed by atoms with E-state index in [0.717, 1.165) is 16.3 Å². The first kappa shape index (κ1) is 15.7. The van der Waals surface area contributed by atoms with Gasteiger partial charge in [-0.1, -0.05) is 47.7 Å². The Balaban J connectivity index is 1.46. The van der Waals surface area contributed by atoms with E-state index in [-0.39, 0.29) is 5.91 Å². The molecule has 25 heavy (non-hydrogen) atoms. The molecule has 0 atom stereocenters. The Morgan fingerprint density at radius 3 is 2.68 bits per heavy atom. The molecule has 1 amide bonds. The fraction of sp³-hybridized carbons (Fsp3) is 0.333. The number of hydrogen-bond donors (Lipinski definition) is 2. The highest BCUT2D eigenvalue weighted by Gasteiger charge is 2.38. The quantitative estimate of drug-likeness (QED) is 0.753. The second kappa shape index (κ2) is 6.25. The number of benzene rings is 2. The van der Waals surface area contributed by atoms with Gasteiger partial charge >= 0.3 is 0 Å². The van der Waals surface area contributed by atoms with Crippen LogP contribution in [0.1, 0.15) is 24.2 Å². The first-order valence-electron chi connectivity index (χ1n) is 8.36. The lowest BCUT2D eigenvalue weighted by atomic mass is 9.90. The SMILES string of the molecule is O=C(Cc1cccc2ccccc12)N1CCC(O)(c2nn[nH]n2)CC1. The summed E-state index contributed by atoms with van der Waals surface area (Å²) in [5.74, 6) is 0.375. The van der Waals surface area contributed by atoms with E-state index in [1.54, 1.807) is 4.90 Å². The normalized spacial score (nSPS) is 16.9. The minimum atomic E-state index is -1.11. The molecule has 1 aromatic heterocycles. The van der Waals surface area contributed by atoms with Crippen molar-refractivity contribution in [3.63, 3.8) is 0 Å². The van der Waals surface area contributed by atoms with Crippen molar-refractivity contribution in [2.24, 2.45) is 0 Å². The van der Waals surface area contributed by atoms with Crippen molar-refractivity contribution in [3.05, 3.63) is 53.9 Å². The molecule has 0 aliphatic carbocycles. The van der Waals surface area contributed by atoms with Crippen LogP contribution in [0, 0.1) is 0 Å². The number of fused-ring (bicyclic) bond motifs is 1. The highest BCUT2D eigenvalue weighted by atomic mass is 16.3. The molecule has 0 bridgehead atoms. The van der Waals surface area contributed by atoms with Gasteiger partial charge in [0.15, 0.2) is 0 Å². The molecule has 2 aromatic carbocycles. The second-order valence-electron chi connectivity index (χ2n) is 6.46. The number of carbonyl (C=O) groups is 1. The third-order valence-corrected chi connectivity index (χ3v) is 4.93. The van der Waals surface area contributed by atoms with Crippen LogP contribution in [-0.4, -0.2) is 49.6 Å². The predicted molar refractivity (Wildman–Crippen MR) is 91.5 cm³/mol. The zero-order valence-electron chi connectivity index (χ0n) is 13.7. The maximum atomic E-state index is 12.7. The summed E-state index contributed by atoms with van der Waals surface area (Å²) >= 11 is 0. The van der Waals surface area contributed by atoms with Gasteiger partial charge in [0.05, 0.1) is 6.42 Å². The molecule has 1 saturated heterocycles. The Bertz CT molecular complexity index is 880. The number of carbonyl (C=O) groups excluding carboxylic acids is 1. The second-order valence-corrected chi connectivity index (χ2v) is 6.46. The molecule has 1 fully saturated rings. The molecule has 0 unspecified atom stereocenters. The number of aromatic amines is 1. The largest absolute Gasteiger partial charge is 0.382 e. The Labute approximate surface area is 144 Å². The smallest absolute Gasteiger partial charge is 0.227 e. The van der Waals surface area contributed by atoms with E-state index in [4.69, 9.17) is 0 Å². The van der Waals surface area contributed by atoms with Gasteiger partial charge < -0.3 is 10.0 Å². The Morgan fingerprint density at radius 2 is 1.92 bits per heavy atom. The highest BCUT2D eigenvalue weighted by molar-refractivity contribution is 5.90. The van der Waals surface area contributed by atoms with Gasteiger partial charge in [-0.15, -0.1) is 10.2 Å². The van der Waals surface area contributed by atoms with Crippen LogP contribution in [0.3, 0.4) is 0 Å². The summed E-state index contributed by atoms with van der Waals surface area (Å²) < 4.78 is 0. The van der Waals surface area contributed by atoms with E-state index in [0.29, 0.717) is 38.2 Å². The molecular weight excluding hydrogens is 318 g/mol. The standard InChI is InChI=1S/C18H19N5O2/c24-16(12-14-6-3-5-13-4-1-2-7-15(13)14)23-10-8-18(25,9-11-23)17-19-21-22-20-17/h1-7,25H,8-12H2,(H,19,20,21,22). The number of H-pyrrole nitrogens is 1. The van der Waals surface area contributed by atoms with Gasteiger partial charge in [0, 0.05) is 25.9 Å². The van der Waals surface area contributed by atoms with E-state index in [2.05, 4.69) is 32.8 Å². The van der Waals surface area contributed by atoms with Crippen molar-refractivity contribution in [2.45, 2.75) is 24.9 Å². The molecule has 4 rings (SSSR count). The molecule has 7 heteroatoms. The van der Waals surface area contributed by atoms with E-state index in [9.17, 15) is 9.90 Å². The molecule has 1 aliphatic rings. The van der Waals surface area contributed by atoms with Crippen LogP contribution in [0.4, 0.5) is 0 Å². The van der Waals surface area contributed by atoms with E-state index >= 15 is 0 Å². The summed E-state index contributed by atoms with van der Waals surface area (Å²) in [7, 11) is 0. The van der Waals surface area contributed by atoms with E-state index in [1.807, 2.05) is 30.3 Å². The fourth-order valence-electron chi connectivity index (χ4n) is 3.43. The summed E-state index contributed by atoms with van der Waals surface area (Å²) in [5, 5.41) is 26.5. The van der Waals surface area contributed by atoms with Gasteiger partial charge in [-0.25, -0.2) is 0 Å². The summed E-state index contributed by atoms with van der Waals surface area (Å²) in [5.41, 5.74) is -0.0782. The minimum absolute atomic E-state index is 0.0755. The Kier molecular flexibility index (Phi) is 3.93. The number of aliphatic hydroxyl groups is 1. The molecule has 0 radical (unpaired) electrons. The highest BCUT2D eigenvalue weighted by Crippen LogP contribution is 2.30. The number of hydrogen-bond acceptors (Lipinski definition) is 5. The number of nitrogens with one attached hydrogen (secondary N) is 1. The Hall–Kier alpha value is -2.80. The number of aromatic nitrogens is 4. The lowest BCUT2D eigenvalue weighted by Gasteiger charge is -2.36. The molecule has 128 valence electrons. The summed E-state index contributed by atoms with van der Waals surface area (Å²) in [4.78, 5) is 14.5. The molecule has 0 spiro atoms. The molecule has 0 saturated carbocycles. The average Bonchev–Trinajstić information content (AvgIpc) is 3.18. The van der Waals surface area contributed by atoms with Gasteiger partial charge in [0.25, 0.3) is 0 Å². The first-order chi connectivity index (χ1) is 12.2. The van der Waals surface area contributed by atoms with Crippen LogP contribution in [0.5, 0.6) is 0 Å². The van der Waals surface area contributed by atoms with Gasteiger partial charge in [-0.3, -0.25) is 4.79 Å². The third kappa shape index (κ3) is 2.98. The first-order valence-corrected chi connectivity index (χ1v) is 8.36. The van der Waals surface area contributed by atoms with Gasteiger partial charge in [0.2, 0.25) is 11.7 Å². The third-order valence-electron chi connectivity index (χ3n) is 4.93. The van der Waals surface area contributed by atoms with Crippen molar-refractivity contribution >= 4 is 16.7 Å². The maximum Gasteiger partial charge on any atom is 0.227 e. The van der Waals surface area contributed by atoms with E-state index in [1.165, 1.54) is 0 Å². The van der Waals surface area contributed by atoms with Crippen LogP contribution < -0.4 is 0 Å². The topological polar surface area (TPSA) is 95.0 Å². The predicted octanol–water partition coefficient (Wildman–Crippen LogP) is 1.41. The number of rotatable bonds is 3. The molecule has 1 aliphatic heterocycles. The molecule has 3 aromatic rings. The number of nitrogens with zero attached hydrogens (tertiary/aromatic N) is 4. The van der Waals surface area contributed by atoms with Crippen molar-refractivity contribution < 1.29 is 9.90 Å². The Morgan fingerprint density at radius 1 is 1.16 bits per heavy atom. The van der Waals surface area contributed by atoms with E-state index < -0.39 is 5.60 Å². The average molecular weight is 337 g/mol. The molecule has 2 heterocycles. The van der Waals surface area contributed by atoms with Gasteiger partial charge in [0.1, 0.15) is 5.60 Å². The lowest BCUT2D eigenvalue weighted by molar-refractivity contribution is -0.135.